The lowest BCUT2D eigenvalue weighted by atomic mass is 10.0. The van der Waals surface area contributed by atoms with Crippen LogP contribution in [0.15, 0.2) is 24.3 Å². The van der Waals surface area contributed by atoms with Gasteiger partial charge in [0.2, 0.25) is 0 Å². The number of hydrogen-bond donors (Lipinski definition) is 0. The third-order valence-corrected chi connectivity index (χ3v) is 4.27. The minimum absolute atomic E-state index is 0. The molecule has 0 radical (unpaired) electrons. The smallest absolute Gasteiger partial charge is 0.0393 e. The van der Waals surface area contributed by atoms with Crippen LogP contribution in [-0.4, -0.2) is 14.1 Å². The van der Waals surface area contributed by atoms with Gasteiger partial charge in [-0.2, -0.15) is 0 Å². The zero-order valence-corrected chi connectivity index (χ0v) is 15.8. The lowest BCUT2D eigenvalue weighted by Gasteiger charge is -2.17. The first-order valence-electron chi connectivity index (χ1n) is 9.01. The van der Waals surface area contributed by atoms with E-state index in [-0.39, 0.29) is 12.4 Å². The van der Waals surface area contributed by atoms with Crippen LogP contribution in [0.4, 0.5) is 5.69 Å². The monoisotopic (exact) mass is 325 g/mol. The number of rotatable bonds is 12. The summed E-state index contributed by atoms with van der Waals surface area (Å²) in [5.74, 6) is 0. The zero-order valence-electron chi connectivity index (χ0n) is 14.9. The van der Waals surface area contributed by atoms with Crippen molar-refractivity contribution >= 4 is 18.1 Å². The van der Waals surface area contributed by atoms with Crippen molar-refractivity contribution in [1.29, 1.82) is 0 Å². The molecule has 128 valence electrons. The molecule has 0 fully saturated rings. The molecule has 22 heavy (non-hydrogen) atoms. The zero-order chi connectivity index (χ0) is 15.3. The minimum atomic E-state index is 0. The molecule has 2 heteroatoms. The Balaban J connectivity index is 0.00000441. The normalized spacial score (nSPS) is 10.3. The topological polar surface area (TPSA) is 3.24 Å². The largest absolute Gasteiger partial charge is 0.377 e. The van der Waals surface area contributed by atoms with E-state index in [4.69, 9.17) is 0 Å². The first-order chi connectivity index (χ1) is 10.3. The van der Waals surface area contributed by atoms with E-state index in [2.05, 4.69) is 50.2 Å². The average Bonchev–Trinajstić information content (AvgIpc) is 2.49. The Bertz CT molecular complexity index is 362. The molecule has 0 atom stereocenters. The fraction of sp³-hybridized carbons (Fsp3) is 0.700. The van der Waals surface area contributed by atoms with Crippen LogP contribution in [0.3, 0.4) is 0 Å². The standard InChI is InChI=1S/C20H35N.ClH/c1-4-5-6-7-8-9-10-11-12-13-16-19-17-14-15-18-20(19)21(2)3;/h14-15,17-18H,4-13,16H2,1-3H3;1H. The quantitative estimate of drug-likeness (QED) is 0.389. The number of anilines is 1. The van der Waals surface area contributed by atoms with Gasteiger partial charge in [0.05, 0.1) is 0 Å². The first kappa shape index (κ1) is 21.3. The molecule has 0 aliphatic heterocycles. The summed E-state index contributed by atoms with van der Waals surface area (Å²) in [7, 11) is 4.27. The first-order valence-corrected chi connectivity index (χ1v) is 9.01. The summed E-state index contributed by atoms with van der Waals surface area (Å²) in [6.07, 6.45) is 15.4. The molecule has 1 aromatic rings. The average molecular weight is 326 g/mol. The Kier molecular flexibility index (Phi) is 13.5. The summed E-state index contributed by atoms with van der Waals surface area (Å²) < 4.78 is 0. The second kappa shape index (κ2) is 13.9. The fourth-order valence-corrected chi connectivity index (χ4v) is 2.96. The molecular formula is C20H36ClN. The maximum Gasteiger partial charge on any atom is 0.0393 e. The predicted molar refractivity (Wildman–Crippen MR) is 104 cm³/mol. The third kappa shape index (κ3) is 9.35. The van der Waals surface area contributed by atoms with Crippen molar-refractivity contribution in [3.05, 3.63) is 29.8 Å². The van der Waals surface area contributed by atoms with Crippen LogP contribution in [0, 0.1) is 0 Å². The van der Waals surface area contributed by atoms with Gasteiger partial charge in [0, 0.05) is 19.8 Å². The molecule has 1 rings (SSSR count). The number of nitrogens with zero attached hydrogens (tertiary/aromatic N) is 1. The van der Waals surface area contributed by atoms with Gasteiger partial charge < -0.3 is 4.90 Å². The van der Waals surface area contributed by atoms with Crippen molar-refractivity contribution in [3.63, 3.8) is 0 Å². The molecule has 0 heterocycles. The Morgan fingerprint density at radius 2 is 1.23 bits per heavy atom. The number of hydrogen-bond acceptors (Lipinski definition) is 1. The van der Waals surface area contributed by atoms with E-state index in [1.807, 2.05) is 0 Å². The van der Waals surface area contributed by atoms with E-state index in [1.165, 1.54) is 81.9 Å². The van der Waals surface area contributed by atoms with Gasteiger partial charge >= 0.3 is 0 Å². The van der Waals surface area contributed by atoms with Crippen LogP contribution in [-0.2, 0) is 6.42 Å². The van der Waals surface area contributed by atoms with Crippen LogP contribution >= 0.6 is 12.4 Å². The molecule has 0 bridgehead atoms. The summed E-state index contributed by atoms with van der Waals surface area (Å²) in [6.45, 7) is 2.29. The van der Waals surface area contributed by atoms with Gasteiger partial charge in [0.1, 0.15) is 0 Å². The Hall–Kier alpha value is -0.690. The van der Waals surface area contributed by atoms with Crippen LogP contribution in [0.5, 0.6) is 0 Å². The lowest BCUT2D eigenvalue weighted by molar-refractivity contribution is 0.556. The van der Waals surface area contributed by atoms with Crippen molar-refractivity contribution in [2.24, 2.45) is 0 Å². The van der Waals surface area contributed by atoms with Gasteiger partial charge in [-0.05, 0) is 24.5 Å². The van der Waals surface area contributed by atoms with Crippen LogP contribution < -0.4 is 4.90 Å². The Labute approximate surface area is 144 Å². The number of para-hydroxylation sites is 1. The highest BCUT2D eigenvalue weighted by molar-refractivity contribution is 5.85. The predicted octanol–water partition coefficient (Wildman–Crippen LogP) is 6.64. The number of halogens is 1. The molecule has 0 saturated carbocycles. The van der Waals surface area contributed by atoms with Crippen LogP contribution in [0.1, 0.15) is 76.7 Å². The number of unbranched alkanes of at least 4 members (excludes halogenated alkanes) is 9. The van der Waals surface area contributed by atoms with Crippen molar-refractivity contribution in [2.75, 3.05) is 19.0 Å². The maximum absolute atomic E-state index is 2.29. The molecule has 0 aliphatic rings. The van der Waals surface area contributed by atoms with Crippen molar-refractivity contribution in [1.82, 2.24) is 0 Å². The molecule has 1 nitrogen and oxygen atoms in total. The summed E-state index contributed by atoms with van der Waals surface area (Å²) in [5, 5.41) is 0. The Morgan fingerprint density at radius 1 is 0.727 bits per heavy atom. The summed E-state index contributed by atoms with van der Waals surface area (Å²) >= 11 is 0. The summed E-state index contributed by atoms with van der Waals surface area (Å²) in [5.41, 5.74) is 2.88. The van der Waals surface area contributed by atoms with Gasteiger partial charge in [-0.3, -0.25) is 0 Å². The lowest BCUT2D eigenvalue weighted by Crippen LogP contribution is -2.11. The van der Waals surface area contributed by atoms with E-state index < -0.39 is 0 Å². The van der Waals surface area contributed by atoms with Gasteiger partial charge in [-0.1, -0.05) is 82.9 Å². The van der Waals surface area contributed by atoms with Gasteiger partial charge in [-0.15, -0.1) is 12.4 Å². The van der Waals surface area contributed by atoms with Gasteiger partial charge in [0.25, 0.3) is 0 Å². The van der Waals surface area contributed by atoms with E-state index in [9.17, 15) is 0 Å². The van der Waals surface area contributed by atoms with Gasteiger partial charge in [-0.25, -0.2) is 0 Å². The summed E-state index contributed by atoms with van der Waals surface area (Å²) in [4.78, 5) is 2.23. The maximum atomic E-state index is 2.29. The number of aryl methyl sites for hydroxylation is 1. The van der Waals surface area contributed by atoms with Crippen molar-refractivity contribution in [2.45, 2.75) is 77.6 Å². The highest BCUT2D eigenvalue weighted by atomic mass is 35.5. The SMILES string of the molecule is CCCCCCCCCCCCc1ccccc1N(C)C.Cl. The fourth-order valence-electron chi connectivity index (χ4n) is 2.96. The molecule has 1 aromatic carbocycles. The van der Waals surface area contributed by atoms with E-state index in [1.54, 1.807) is 0 Å². The third-order valence-electron chi connectivity index (χ3n) is 4.27. The van der Waals surface area contributed by atoms with E-state index in [0.717, 1.165) is 0 Å². The molecule has 0 N–H and O–H groups in total. The summed E-state index contributed by atoms with van der Waals surface area (Å²) in [6, 6.07) is 8.81. The molecule has 0 saturated heterocycles. The number of benzene rings is 1. The van der Waals surface area contributed by atoms with E-state index >= 15 is 0 Å². The van der Waals surface area contributed by atoms with Crippen molar-refractivity contribution < 1.29 is 0 Å². The molecule has 0 aromatic heterocycles. The molecular weight excluding hydrogens is 290 g/mol. The second-order valence-corrected chi connectivity index (χ2v) is 6.46. The van der Waals surface area contributed by atoms with Crippen molar-refractivity contribution in [3.8, 4) is 0 Å². The second-order valence-electron chi connectivity index (χ2n) is 6.46. The molecule has 0 spiro atoms. The molecule has 0 unspecified atom stereocenters. The highest BCUT2D eigenvalue weighted by Gasteiger charge is 2.02. The highest BCUT2D eigenvalue weighted by Crippen LogP contribution is 2.20. The van der Waals surface area contributed by atoms with E-state index in [0.29, 0.717) is 0 Å². The molecule has 0 amide bonds. The Morgan fingerprint density at radius 3 is 1.77 bits per heavy atom. The van der Waals surface area contributed by atoms with Crippen LogP contribution in [0.25, 0.3) is 0 Å². The molecule has 0 aliphatic carbocycles. The minimum Gasteiger partial charge on any atom is -0.377 e. The van der Waals surface area contributed by atoms with Gasteiger partial charge in [0.15, 0.2) is 0 Å². The van der Waals surface area contributed by atoms with Crippen LogP contribution in [0.2, 0.25) is 0 Å².